The van der Waals surface area contributed by atoms with E-state index in [2.05, 4.69) is 74.6 Å². The molecule has 0 bridgehead atoms. The molecule has 1 rings (SSSR count). The highest BCUT2D eigenvalue weighted by Gasteiger charge is 2.44. The molecule has 342 valence electrons. The number of hydrogen-bond acceptors (Lipinski definition) is 9. The molecule has 0 aliphatic carbocycles. The van der Waals surface area contributed by atoms with E-state index in [9.17, 15) is 25.2 Å². The first kappa shape index (κ1) is 54.9. The van der Waals surface area contributed by atoms with Gasteiger partial charge in [0.25, 0.3) is 0 Å². The molecule has 1 aliphatic heterocycles. The summed E-state index contributed by atoms with van der Waals surface area (Å²) in [5.41, 5.74) is 0. The summed E-state index contributed by atoms with van der Waals surface area (Å²) in [6.45, 7) is 4.42. The molecule has 9 heteroatoms. The molecule has 0 aromatic heterocycles. The Hall–Kier alpha value is -2.11. The number of esters is 1. The van der Waals surface area contributed by atoms with Crippen LogP contribution in [0.15, 0.2) is 60.8 Å². The van der Waals surface area contributed by atoms with Gasteiger partial charge in [-0.2, -0.15) is 0 Å². The lowest BCUT2D eigenvalue weighted by Crippen LogP contribution is -2.59. The Morgan fingerprint density at radius 2 is 1.03 bits per heavy atom. The number of unbranched alkanes of at least 4 members (excludes halogenated alkanes) is 19. The van der Waals surface area contributed by atoms with Crippen molar-refractivity contribution < 1.29 is 44.2 Å². The van der Waals surface area contributed by atoms with Gasteiger partial charge >= 0.3 is 5.97 Å². The monoisotopic (exact) mass is 833 g/mol. The third-order valence-electron chi connectivity index (χ3n) is 10.7. The molecular weight excluding hydrogens is 745 g/mol. The average molecular weight is 833 g/mol. The number of rotatable bonds is 40. The van der Waals surface area contributed by atoms with Crippen molar-refractivity contribution in [3.8, 4) is 0 Å². The zero-order chi connectivity index (χ0) is 42.9. The van der Waals surface area contributed by atoms with Crippen molar-refractivity contribution in [2.24, 2.45) is 0 Å². The zero-order valence-corrected chi connectivity index (χ0v) is 37.5. The number of carbonyl (C=O) groups excluding carboxylic acids is 1. The Kier molecular flexibility index (Phi) is 38.4. The molecule has 0 aromatic rings. The molecule has 6 unspecified atom stereocenters. The van der Waals surface area contributed by atoms with Crippen LogP contribution >= 0.6 is 0 Å². The fraction of sp³-hybridized carbons (Fsp3) is 0.780. The molecule has 59 heavy (non-hydrogen) atoms. The molecule has 1 saturated heterocycles. The summed E-state index contributed by atoms with van der Waals surface area (Å²) in [6.07, 6.45) is 45.3. The molecule has 0 spiro atoms. The third-order valence-corrected chi connectivity index (χ3v) is 10.7. The van der Waals surface area contributed by atoms with Crippen LogP contribution in [-0.4, -0.2) is 89.6 Å². The van der Waals surface area contributed by atoms with E-state index in [1.807, 2.05) is 0 Å². The van der Waals surface area contributed by atoms with Crippen molar-refractivity contribution in [3.05, 3.63) is 60.8 Å². The molecule has 1 fully saturated rings. The van der Waals surface area contributed by atoms with E-state index in [4.69, 9.17) is 18.9 Å². The van der Waals surface area contributed by atoms with E-state index in [-0.39, 0.29) is 19.2 Å². The fourth-order valence-corrected chi connectivity index (χ4v) is 6.99. The Bertz CT molecular complexity index is 1080. The molecule has 1 aliphatic rings. The van der Waals surface area contributed by atoms with Gasteiger partial charge in [-0.15, -0.1) is 0 Å². The summed E-state index contributed by atoms with van der Waals surface area (Å²) in [7, 11) is 0. The highest BCUT2D eigenvalue weighted by atomic mass is 16.7. The summed E-state index contributed by atoms with van der Waals surface area (Å²) < 4.78 is 22.8. The summed E-state index contributed by atoms with van der Waals surface area (Å²) in [6, 6.07) is 0. The minimum absolute atomic E-state index is 0.117. The van der Waals surface area contributed by atoms with Gasteiger partial charge in [-0.3, -0.25) is 4.79 Å². The van der Waals surface area contributed by atoms with Crippen LogP contribution < -0.4 is 0 Å². The zero-order valence-electron chi connectivity index (χ0n) is 37.5. The van der Waals surface area contributed by atoms with E-state index < -0.39 is 43.4 Å². The SMILES string of the molecule is CC/C=C\C/C=C\C/C=C\C/C=C\C/C=C\CCCCCCCCCCOCC(COC1OC(CO)C(O)C(O)C1O)OC(=O)CCCCCCCCCCCCCC. The summed E-state index contributed by atoms with van der Waals surface area (Å²) in [5, 5.41) is 40.1. The van der Waals surface area contributed by atoms with Crippen LogP contribution in [0, 0.1) is 0 Å². The molecule has 1 heterocycles. The van der Waals surface area contributed by atoms with Gasteiger partial charge < -0.3 is 39.4 Å². The third kappa shape index (κ3) is 32.3. The number of aliphatic hydroxyl groups excluding tert-OH is 4. The van der Waals surface area contributed by atoms with Gasteiger partial charge in [0.1, 0.15) is 30.5 Å². The fourth-order valence-electron chi connectivity index (χ4n) is 6.99. The Morgan fingerprint density at radius 3 is 1.56 bits per heavy atom. The predicted molar refractivity (Wildman–Crippen MR) is 242 cm³/mol. The molecule has 0 radical (unpaired) electrons. The predicted octanol–water partition coefficient (Wildman–Crippen LogP) is 11.1. The second-order valence-electron chi connectivity index (χ2n) is 16.2. The quantitative estimate of drug-likeness (QED) is 0.0270. The van der Waals surface area contributed by atoms with Crippen molar-refractivity contribution in [1.82, 2.24) is 0 Å². The highest BCUT2D eigenvalue weighted by Crippen LogP contribution is 2.22. The number of hydrogen-bond donors (Lipinski definition) is 4. The minimum atomic E-state index is -1.54. The normalized spacial score (nSPS) is 20.7. The smallest absolute Gasteiger partial charge is 0.306 e. The molecular formula is C50H88O9. The van der Waals surface area contributed by atoms with Crippen molar-refractivity contribution >= 4 is 5.97 Å². The van der Waals surface area contributed by atoms with Gasteiger partial charge in [0.05, 0.1) is 19.8 Å². The first-order chi connectivity index (χ1) is 28.9. The molecule has 0 amide bonds. The molecule has 9 nitrogen and oxygen atoms in total. The average Bonchev–Trinajstić information content (AvgIpc) is 3.24. The van der Waals surface area contributed by atoms with Crippen LogP contribution in [0.1, 0.15) is 187 Å². The van der Waals surface area contributed by atoms with Gasteiger partial charge in [-0.25, -0.2) is 0 Å². The van der Waals surface area contributed by atoms with Crippen LogP contribution in [0.5, 0.6) is 0 Å². The van der Waals surface area contributed by atoms with Gasteiger partial charge in [0.15, 0.2) is 6.29 Å². The topological polar surface area (TPSA) is 135 Å². The Labute approximate surface area is 360 Å². The maximum atomic E-state index is 12.8. The number of aliphatic hydroxyl groups is 4. The summed E-state index contributed by atoms with van der Waals surface area (Å²) >= 11 is 0. The standard InChI is InChI=1S/C50H88O9/c1-3-5-7-9-11-13-15-17-18-19-20-21-22-23-24-25-26-27-28-30-32-34-36-38-40-56-42-44(43-57-50-49(55)48(54)47(53)45(41-51)59-50)58-46(52)39-37-35-33-31-29-16-14-12-10-8-6-4-2/h5,7,11,13,17-18,20-21,23-24,44-45,47-51,53-55H,3-4,6,8-10,12,14-16,19,22,25-43H2,1-2H3/b7-5-,13-11-,18-17-,21-20-,24-23-. The van der Waals surface area contributed by atoms with Crippen LogP contribution in [0.3, 0.4) is 0 Å². The summed E-state index contributed by atoms with van der Waals surface area (Å²) in [5.74, 6) is -0.319. The van der Waals surface area contributed by atoms with Crippen LogP contribution in [0.2, 0.25) is 0 Å². The van der Waals surface area contributed by atoms with Gasteiger partial charge in [-0.1, -0.05) is 184 Å². The van der Waals surface area contributed by atoms with E-state index in [0.717, 1.165) is 77.0 Å². The van der Waals surface area contributed by atoms with Gasteiger partial charge in [0.2, 0.25) is 0 Å². The maximum Gasteiger partial charge on any atom is 0.306 e. The van der Waals surface area contributed by atoms with E-state index >= 15 is 0 Å². The number of carbonyl (C=O) groups is 1. The van der Waals surface area contributed by atoms with Gasteiger partial charge in [-0.05, 0) is 57.8 Å². The van der Waals surface area contributed by atoms with Gasteiger partial charge in [0, 0.05) is 13.0 Å². The molecule has 6 atom stereocenters. The van der Waals surface area contributed by atoms with Crippen molar-refractivity contribution in [3.63, 3.8) is 0 Å². The second kappa shape index (κ2) is 41.3. The highest BCUT2D eigenvalue weighted by molar-refractivity contribution is 5.69. The Morgan fingerprint density at radius 1 is 0.559 bits per heavy atom. The molecule has 0 aromatic carbocycles. The number of ether oxygens (including phenoxy) is 4. The lowest BCUT2D eigenvalue weighted by atomic mass is 9.99. The molecule has 0 saturated carbocycles. The number of allylic oxidation sites excluding steroid dienone is 10. The van der Waals surface area contributed by atoms with Crippen LogP contribution in [-0.2, 0) is 23.7 Å². The van der Waals surface area contributed by atoms with Crippen molar-refractivity contribution in [1.29, 1.82) is 0 Å². The largest absolute Gasteiger partial charge is 0.457 e. The second-order valence-corrected chi connectivity index (χ2v) is 16.2. The summed E-state index contributed by atoms with van der Waals surface area (Å²) in [4.78, 5) is 12.8. The maximum absolute atomic E-state index is 12.8. The first-order valence-electron chi connectivity index (χ1n) is 23.9. The van der Waals surface area contributed by atoms with E-state index in [1.165, 1.54) is 89.9 Å². The van der Waals surface area contributed by atoms with E-state index in [0.29, 0.717) is 13.0 Å². The van der Waals surface area contributed by atoms with Crippen molar-refractivity contribution in [2.45, 2.75) is 224 Å². The first-order valence-corrected chi connectivity index (χ1v) is 23.9. The lowest BCUT2D eigenvalue weighted by molar-refractivity contribution is -0.305. The van der Waals surface area contributed by atoms with Crippen LogP contribution in [0.25, 0.3) is 0 Å². The Balaban J connectivity index is 2.21. The lowest BCUT2D eigenvalue weighted by Gasteiger charge is -2.39. The van der Waals surface area contributed by atoms with Crippen LogP contribution in [0.4, 0.5) is 0 Å². The molecule has 4 N–H and O–H groups in total. The van der Waals surface area contributed by atoms with E-state index in [1.54, 1.807) is 0 Å². The van der Waals surface area contributed by atoms with Crippen molar-refractivity contribution in [2.75, 3.05) is 26.4 Å². The minimum Gasteiger partial charge on any atom is -0.457 e.